The third-order valence-electron chi connectivity index (χ3n) is 11.5. The number of hydrogen-bond acceptors (Lipinski definition) is 1. The van der Waals surface area contributed by atoms with Crippen LogP contribution in [0.25, 0.3) is 60.5 Å². The molecule has 1 nitrogen and oxygen atoms in total. The average molecular weight is 716 g/mol. The number of anilines is 3. The van der Waals surface area contributed by atoms with Crippen LogP contribution >= 0.6 is 0 Å². The van der Waals surface area contributed by atoms with E-state index in [-0.39, 0.29) is 5.41 Å². The van der Waals surface area contributed by atoms with Gasteiger partial charge in [0.2, 0.25) is 0 Å². The molecule has 1 aliphatic carbocycles. The maximum atomic E-state index is 2.42. The third-order valence-corrected chi connectivity index (χ3v) is 11.5. The summed E-state index contributed by atoms with van der Waals surface area (Å²) in [7, 11) is 0. The van der Waals surface area contributed by atoms with E-state index < -0.39 is 0 Å². The summed E-state index contributed by atoms with van der Waals surface area (Å²) in [5.41, 5.74) is 15.9. The van der Waals surface area contributed by atoms with Crippen LogP contribution in [0, 0.1) is 0 Å². The standard InChI is InChI=1S/C55H41N/c1-55(2)37-53(52-13-7-8-14-54(52)55)44-27-33-51(34-28-44)56(50-31-25-43(26-32-50)48-22-20-39-10-4-6-12-46(39)36-48)49-29-23-41(24-30-49)40-15-17-42(18-16-40)47-21-19-38-9-3-5-11-45(38)35-47/h3-37H,1-2H3. The van der Waals surface area contributed by atoms with Crippen molar-refractivity contribution in [1.82, 2.24) is 0 Å². The second-order valence-electron chi connectivity index (χ2n) is 15.5. The third kappa shape index (κ3) is 6.18. The van der Waals surface area contributed by atoms with Crippen molar-refractivity contribution < 1.29 is 0 Å². The minimum absolute atomic E-state index is 0.00191. The van der Waals surface area contributed by atoms with Gasteiger partial charge in [0.1, 0.15) is 0 Å². The van der Waals surface area contributed by atoms with Crippen molar-refractivity contribution in [3.63, 3.8) is 0 Å². The summed E-state index contributed by atoms with van der Waals surface area (Å²) in [5.74, 6) is 0. The zero-order chi connectivity index (χ0) is 37.6. The normalized spacial score (nSPS) is 13.1. The van der Waals surface area contributed by atoms with Gasteiger partial charge in [-0.3, -0.25) is 0 Å². The Morgan fingerprint density at radius 3 is 1.16 bits per heavy atom. The molecule has 0 bridgehead atoms. The van der Waals surface area contributed by atoms with Crippen LogP contribution in [-0.2, 0) is 5.41 Å². The monoisotopic (exact) mass is 715 g/mol. The molecule has 0 aromatic heterocycles. The van der Waals surface area contributed by atoms with Gasteiger partial charge < -0.3 is 4.90 Å². The Kier molecular flexibility index (Phi) is 8.23. The van der Waals surface area contributed by atoms with Crippen LogP contribution in [0.1, 0.15) is 30.5 Å². The largest absolute Gasteiger partial charge is 0.311 e. The molecule has 0 saturated heterocycles. The Morgan fingerprint density at radius 2 is 0.679 bits per heavy atom. The Labute approximate surface area is 329 Å². The second-order valence-corrected chi connectivity index (χ2v) is 15.5. The number of nitrogens with zero attached hydrogens (tertiary/aromatic N) is 1. The lowest BCUT2D eigenvalue weighted by molar-refractivity contribution is 0.683. The Morgan fingerprint density at radius 1 is 0.321 bits per heavy atom. The highest BCUT2D eigenvalue weighted by molar-refractivity contribution is 5.90. The first kappa shape index (κ1) is 33.6. The van der Waals surface area contributed by atoms with E-state index in [1.807, 2.05) is 0 Å². The Bertz CT molecular complexity index is 2890. The molecule has 266 valence electrons. The number of rotatable bonds is 7. The summed E-state index contributed by atoms with van der Waals surface area (Å²) in [5, 5.41) is 5.03. The predicted molar refractivity (Wildman–Crippen MR) is 239 cm³/mol. The van der Waals surface area contributed by atoms with Gasteiger partial charge in [-0.15, -0.1) is 0 Å². The molecule has 0 radical (unpaired) electrons. The van der Waals surface area contributed by atoms with Crippen molar-refractivity contribution >= 4 is 44.2 Å². The van der Waals surface area contributed by atoms with Gasteiger partial charge in [-0.25, -0.2) is 0 Å². The predicted octanol–water partition coefficient (Wildman–Crippen LogP) is 15.2. The zero-order valence-electron chi connectivity index (χ0n) is 31.7. The lowest BCUT2D eigenvalue weighted by atomic mass is 9.87. The lowest BCUT2D eigenvalue weighted by Crippen LogP contribution is -2.10. The van der Waals surface area contributed by atoms with E-state index in [1.54, 1.807) is 0 Å². The van der Waals surface area contributed by atoms with Crippen LogP contribution < -0.4 is 4.90 Å². The van der Waals surface area contributed by atoms with Gasteiger partial charge in [0.15, 0.2) is 0 Å². The first-order valence-electron chi connectivity index (χ1n) is 19.5. The maximum absolute atomic E-state index is 2.42. The van der Waals surface area contributed by atoms with Crippen LogP contribution in [-0.4, -0.2) is 0 Å². The van der Waals surface area contributed by atoms with Crippen molar-refractivity contribution in [3.05, 3.63) is 229 Å². The van der Waals surface area contributed by atoms with Crippen molar-refractivity contribution in [2.45, 2.75) is 19.3 Å². The summed E-state index contributed by atoms with van der Waals surface area (Å²) in [4.78, 5) is 2.36. The minimum Gasteiger partial charge on any atom is -0.311 e. The van der Waals surface area contributed by atoms with Gasteiger partial charge in [-0.05, 0) is 126 Å². The van der Waals surface area contributed by atoms with E-state index in [4.69, 9.17) is 0 Å². The van der Waals surface area contributed by atoms with E-state index in [0.29, 0.717) is 0 Å². The van der Waals surface area contributed by atoms with Gasteiger partial charge in [0.05, 0.1) is 0 Å². The van der Waals surface area contributed by atoms with Gasteiger partial charge in [0, 0.05) is 22.5 Å². The van der Waals surface area contributed by atoms with E-state index in [0.717, 1.165) is 17.1 Å². The molecule has 0 atom stereocenters. The fourth-order valence-corrected chi connectivity index (χ4v) is 8.47. The zero-order valence-corrected chi connectivity index (χ0v) is 31.7. The average Bonchev–Trinajstić information content (AvgIpc) is 3.54. The second kappa shape index (κ2) is 13.7. The maximum Gasteiger partial charge on any atom is 0.0462 e. The van der Waals surface area contributed by atoms with Crippen LogP contribution in [0.3, 0.4) is 0 Å². The quantitative estimate of drug-likeness (QED) is 0.159. The van der Waals surface area contributed by atoms with Gasteiger partial charge in [0.25, 0.3) is 0 Å². The summed E-state index contributed by atoms with van der Waals surface area (Å²) >= 11 is 0. The molecule has 9 aromatic carbocycles. The Hall–Kier alpha value is -6.96. The van der Waals surface area contributed by atoms with Crippen molar-refractivity contribution in [1.29, 1.82) is 0 Å². The molecule has 10 rings (SSSR count). The highest BCUT2D eigenvalue weighted by Gasteiger charge is 2.30. The minimum atomic E-state index is 0.00191. The van der Waals surface area contributed by atoms with Gasteiger partial charge >= 0.3 is 0 Å². The first-order chi connectivity index (χ1) is 27.5. The molecule has 1 aliphatic rings. The van der Waals surface area contributed by atoms with Gasteiger partial charge in [-0.1, -0.05) is 178 Å². The molecular formula is C55H41N. The number of hydrogen-bond donors (Lipinski definition) is 0. The van der Waals surface area contributed by atoms with E-state index in [9.17, 15) is 0 Å². The summed E-state index contributed by atoms with van der Waals surface area (Å²) in [6, 6.07) is 75.3. The van der Waals surface area contributed by atoms with Gasteiger partial charge in [-0.2, -0.15) is 0 Å². The lowest BCUT2D eigenvalue weighted by Gasteiger charge is -2.26. The fraction of sp³-hybridized carbons (Fsp3) is 0.0545. The van der Waals surface area contributed by atoms with E-state index in [1.165, 1.54) is 77.2 Å². The number of allylic oxidation sites excluding steroid dienone is 1. The summed E-state index contributed by atoms with van der Waals surface area (Å²) < 4.78 is 0. The highest BCUT2D eigenvalue weighted by Crippen LogP contribution is 2.44. The molecule has 1 heteroatoms. The highest BCUT2D eigenvalue weighted by atomic mass is 15.1. The van der Waals surface area contributed by atoms with Crippen LogP contribution in [0.2, 0.25) is 0 Å². The van der Waals surface area contributed by atoms with Crippen LogP contribution in [0.4, 0.5) is 17.1 Å². The molecule has 9 aromatic rings. The first-order valence-corrected chi connectivity index (χ1v) is 19.5. The number of benzene rings is 9. The van der Waals surface area contributed by atoms with Crippen molar-refractivity contribution in [3.8, 4) is 33.4 Å². The Balaban J connectivity index is 0.982. The topological polar surface area (TPSA) is 3.24 Å². The molecular weight excluding hydrogens is 675 g/mol. The summed E-state index contributed by atoms with van der Waals surface area (Å²) in [6.45, 7) is 4.61. The summed E-state index contributed by atoms with van der Waals surface area (Å²) in [6.07, 6.45) is 2.42. The molecule has 0 unspecified atom stereocenters. The van der Waals surface area contributed by atoms with E-state index in [2.05, 4.69) is 231 Å². The number of fused-ring (bicyclic) bond motifs is 3. The van der Waals surface area contributed by atoms with E-state index >= 15 is 0 Å². The molecule has 0 aliphatic heterocycles. The van der Waals surface area contributed by atoms with Crippen molar-refractivity contribution in [2.75, 3.05) is 4.90 Å². The molecule has 0 spiro atoms. The molecule has 0 saturated carbocycles. The molecule has 0 fully saturated rings. The molecule has 0 N–H and O–H groups in total. The van der Waals surface area contributed by atoms with Crippen molar-refractivity contribution in [2.24, 2.45) is 0 Å². The van der Waals surface area contributed by atoms with Crippen LogP contribution in [0.5, 0.6) is 0 Å². The van der Waals surface area contributed by atoms with Crippen LogP contribution in [0.15, 0.2) is 212 Å². The fourth-order valence-electron chi connectivity index (χ4n) is 8.47. The SMILES string of the molecule is CC1(C)C=C(c2ccc(N(c3ccc(-c4ccc(-c5ccc6ccccc6c5)cc4)cc3)c3ccc(-c4ccc5ccccc5c4)cc3)cc2)c2ccccc21. The molecule has 0 heterocycles. The molecule has 56 heavy (non-hydrogen) atoms. The molecule has 0 amide bonds. The smallest absolute Gasteiger partial charge is 0.0462 e.